The molecule has 0 unspecified atom stereocenters. The van der Waals surface area contributed by atoms with E-state index in [0.29, 0.717) is 5.49 Å². The van der Waals surface area contributed by atoms with Gasteiger partial charge in [-0.1, -0.05) is 0 Å². The van der Waals surface area contributed by atoms with Gasteiger partial charge >= 0.3 is 0 Å². The molecule has 0 atom stereocenters. The number of pyridine rings is 1. The first kappa shape index (κ1) is 5.77. The number of fused-ring (bicyclic) bond motifs is 2. The van der Waals surface area contributed by atoms with Crippen LogP contribution in [0.25, 0.3) is 6.20 Å². The van der Waals surface area contributed by atoms with Crippen LogP contribution in [-0.4, -0.2) is 17.4 Å². The largest absolute Gasteiger partial charge is 0.262 e. The standard InChI is InChI=1S/C8H4N4/c1-5-2-9-4-7(5)11-8-6(1)3-10-12-8/h1-4H. The molecule has 0 aliphatic carbocycles. The highest BCUT2D eigenvalue weighted by Gasteiger charge is 2.06. The quantitative estimate of drug-likeness (QED) is 0.486. The van der Waals surface area contributed by atoms with E-state index >= 15 is 0 Å². The monoisotopic (exact) mass is 156 g/mol. The number of nitrogens with zero attached hydrogens (tertiary/aromatic N) is 4. The van der Waals surface area contributed by atoms with E-state index in [1.165, 1.54) is 0 Å². The van der Waals surface area contributed by atoms with Crippen molar-refractivity contribution in [1.29, 1.82) is 0 Å². The normalized spacial score (nSPS) is 15.3. The second-order valence-corrected chi connectivity index (χ2v) is 2.63. The van der Waals surface area contributed by atoms with E-state index < -0.39 is 0 Å². The lowest BCUT2D eigenvalue weighted by molar-refractivity contribution is 1.07. The maximum Gasteiger partial charge on any atom is 0.183 e. The maximum absolute atomic E-state index is 4.26. The van der Waals surface area contributed by atoms with E-state index in [0.717, 1.165) is 16.5 Å². The van der Waals surface area contributed by atoms with Crippen molar-refractivity contribution in [2.45, 2.75) is 0 Å². The van der Waals surface area contributed by atoms with Gasteiger partial charge in [-0.2, -0.15) is 5.10 Å². The Morgan fingerprint density at radius 1 is 1.17 bits per heavy atom. The van der Waals surface area contributed by atoms with Crippen molar-refractivity contribution in [2.75, 3.05) is 0 Å². The van der Waals surface area contributed by atoms with Crippen molar-refractivity contribution in [1.82, 2.24) is 4.98 Å². The van der Waals surface area contributed by atoms with Crippen molar-refractivity contribution in [3.8, 4) is 0 Å². The summed E-state index contributed by atoms with van der Waals surface area (Å²) in [5, 5.41) is 8.67. The molecule has 1 aromatic heterocycles. The van der Waals surface area contributed by atoms with E-state index in [4.69, 9.17) is 0 Å². The second kappa shape index (κ2) is 1.85. The zero-order valence-electron chi connectivity index (χ0n) is 6.10. The van der Waals surface area contributed by atoms with Crippen LogP contribution in [0.1, 0.15) is 11.3 Å². The fourth-order valence-corrected chi connectivity index (χ4v) is 1.27. The third-order valence-electron chi connectivity index (χ3n) is 1.85. The highest BCUT2D eigenvalue weighted by molar-refractivity contribution is 5.86. The minimum absolute atomic E-state index is 0.690. The lowest BCUT2D eigenvalue weighted by Crippen LogP contribution is -2.20. The Kier molecular flexibility index (Phi) is 0.889. The molecule has 0 spiro atoms. The molecule has 2 aliphatic heterocycles. The van der Waals surface area contributed by atoms with Crippen molar-refractivity contribution in [3.05, 3.63) is 28.0 Å². The van der Waals surface area contributed by atoms with E-state index in [1.54, 1.807) is 18.6 Å². The summed E-state index contributed by atoms with van der Waals surface area (Å²) in [6, 6.07) is 1.99. The maximum atomic E-state index is 4.26. The number of hydrogen-bond donors (Lipinski definition) is 0. The Labute approximate surface area is 67.7 Å². The smallest absolute Gasteiger partial charge is 0.183 e. The summed E-state index contributed by atoms with van der Waals surface area (Å²) in [5.41, 5.74) is 2.54. The highest BCUT2D eigenvalue weighted by atomic mass is 15.2. The zero-order valence-corrected chi connectivity index (χ0v) is 6.10. The first-order valence-corrected chi connectivity index (χ1v) is 3.59. The average Bonchev–Trinajstić information content (AvgIpc) is 2.64. The molecule has 12 heavy (non-hydrogen) atoms. The van der Waals surface area contributed by atoms with Crippen LogP contribution in [0.4, 0.5) is 0 Å². The average molecular weight is 156 g/mol. The molecule has 0 N–H and O–H groups in total. The molecular weight excluding hydrogens is 152 g/mol. The molecule has 0 fully saturated rings. The molecule has 2 aliphatic rings. The van der Waals surface area contributed by atoms with Crippen LogP contribution >= 0.6 is 0 Å². The summed E-state index contributed by atoms with van der Waals surface area (Å²) in [4.78, 5) is 8.25. The molecule has 0 bridgehead atoms. The molecule has 3 heterocycles. The van der Waals surface area contributed by atoms with Crippen LogP contribution in [0.5, 0.6) is 0 Å². The molecule has 3 rings (SSSR count). The van der Waals surface area contributed by atoms with Crippen LogP contribution in [0.2, 0.25) is 0 Å². The van der Waals surface area contributed by atoms with E-state index in [1.807, 2.05) is 6.07 Å². The van der Waals surface area contributed by atoms with Gasteiger partial charge in [0, 0.05) is 17.0 Å². The van der Waals surface area contributed by atoms with Gasteiger partial charge in [-0.05, 0) is 6.07 Å². The van der Waals surface area contributed by atoms with Crippen molar-refractivity contribution >= 4 is 18.6 Å². The molecule has 0 radical (unpaired) electrons. The van der Waals surface area contributed by atoms with Gasteiger partial charge in [-0.3, -0.25) is 4.99 Å². The molecule has 0 amide bonds. The first-order chi connectivity index (χ1) is 5.93. The Bertz CT molecular complexity index is 475. The van der Waals surface area contributed by atoms with Crippen LogP contribution in [-0.2, 0) is 0 Å². The topological polar surface area (TPSA) is 50.0 Å². The van der Waals surface area contributed by atoms with Crippen LogP contribution in [0.3, 0.4) is 0 Å². The van der Waals surface area contributed by atoms with Gasteiger partial charge in [0.15, 0.2) is 5.49 Å². The molecule has 0 saturated heterocycles. The summed E-state index contributed by atoms with van der Waals surface area (Å²) >= 11 is 0. The molecule has 4 heteroatoms. The Hall–Kier alpha value is -1.84. The van der Waals surface area contributed by atoms with Crippen molar-refractivity contribution in [3.63, 3.8) is 0 Å². The summed E-state index contributed by atoms with van der Waals surface area (Å²) < 4.78 is 0. The van der Waals surface area contributed by atoms with Gasteiger partial charge < -0.3 is 0 Å². The summed E-state index contributed by atoms with van der Waals surface area (Å²) in [6.07, 6.45) is 5.22. The predicted molar refractivity (Wildman–Crippen MR) is 44.7 cm³/mol. The van der Waals surface area contributed by atoms with Crippen molar-refractivity contribution < 1.29 is 0 Å². The first-order valence-electron chi connectivity index (χ1n) is 3.59. The molecule has 4 nitrogen and oxygen atoms in total. The van der Waals surface area contributed by atoms with E-state index in [9.17, 15) is 0 Å². The Morgan fingerprint density at radius 2 is 2.17 bits per heavy atom. The third kappa shape index (κ3) is 0.611. The number of hydrogen-bond acceptors (Lipinski definition) is 4. The Balaban J connectivity index is 2.50. The molecule has 0 saturated carbocycles. The molecular formula is C8H4N4. The van der Waals surface area contributed by atoms with E-state index in [-0.39, 0.29) is 0 Å². The SMILES string of the molecule is C1=NC=c2cc3c(nc21)=NN=C3. The van der Waals surface area contributed by atoms with Crippen LogP contribution < -0.4 is 10.7 Å². The summed E-state index contributed by atoms with van der Waals surface area (Å²) in [5.74, 6) is 0. The Morgan fingerprint density at radius 3 is 3.17 bits per heavy atom. The lowest BCUT2D eigenvalue weighted by atomic mass is 10.2. The predicted octanol–water partition coefficient (Wildman–Crippen LogP) is -0.781. The number of aliphatic imine (C=N–C) groups is 1. The van der Waals surface area contributed by atoms with Gasteiger partial charge in [0.1, 0.15) is 0 Å². The number of aromatic nitrogens is 1. The fourth-order valence-electron chi connectivity index (χ4n) is 1.27. The van der Waals surface area contributed by atoms with Crippen LogP contribution in [0, 0.1) is 0 Å². The van der Waals surface area contributed by atoms with Crippen LogP contribution in [0.15, 0.2) is 21.3 Å². The molecule has 0 aromatic carbocycles. The zero-order chi connectivity index (χ0) is 7.97. The van der Waals surface area contributed by atoms with Gasteiger partial charge in [0.05, 0.1) is 18.1 Å². The minimum atomic E-state index is 0.690. The summed E-state index contributed by atoms with van der Waals surface area (Å²) in [6.45, 7) is 0. The molecule has 56 valence electrons. The van der Waals surface area contributed by atoms with Gasteiger partial charge in [0.2, 0.25) is 0 Å². The highest BCUT2D eigenvalue weighted by Crippen LogP contribution is 1.93. The minimum Gasteiger partial charge on any atom is -0.262 e. The number of rotatable bonds is 0. The second-order valence-electron chi connectivity index (χ2n) is 2.63. The third-order valence-corrected chi connectivity index (χ3v) is 1.85. The fraction of sp³-hybridized carbons (Fsp3) is 0. The summed E-state index contributed by atoms with van der Waals surface area (Å²) in [7, 11) is 0. The molecule has 1 aromatic rings. The van der Waals surface area contributed by atoms with E-state index in [2.05, 4.69) is 20.2 Å². The van der Waals surface area contributed by atoms with Gasteiger partial charge in [-0.25, -0.2) is 4.98 Å². The lowest BCUT2D eigenvalue weighted by Gasteiger charge is -1.89. The van der Waals surface area contributed by atoms with Crippen molar-refractivity contribution in [2.24, 2.45) is 15.2 Å². The van der Waals surface area contributed by atoms with Gasteiger partial charge in [0.25, 0.3) is 0 Å². The van der Waals surface area contributed by atoms with Gasteiger partial charge in [-0.15, -0.1) is 5.10 Å².